The van der Waals surface area contributed by atoms with Crippen LogP contribution in [0.5, 0.6) is 0 Å². The zero-order valence-electron chi connectivity index (χ0n) is 10.7. The van der Waals surface area contributed by atoms with E-state index in [-0.39, 0.29) is 12.5 Å². The quantitative estimate of drug-likeness (QED) is 0.802. The fourth-order valence-electron chi connectivity index (χ4n) is 1.71. The predicted molar refractivity (Wildman–Crippen MR) is 76.2 cm³/mol. The lowest BCUT2D eigenvalue weighted by molar-refractivity contribution is -0.117. The molecule has 3 aromatic rings. The van der Waals surface area contributed by atoms with E-state index in [1.54, 1.807) is 6.07 Å². The molecule has 106 valence electrons. The molecule has 1 N–H and O–H groups in total. The largest absolute Gasteiger partial charge is 0.324 e. The number of hydrogen-bond acceptors (Lipinski definition) is 5. The molecule has 21 heavy (non-hydrogen) atoms. The molecule has 0 saturated carbocycles. The lowest BCUT2D eigenvalue weighted by Gasteiger charge is -2.03. The molecule has 0 atom stereocenters. The minimum Gasteiger partial charge on any atom is -0.324 e. The van der Waals surface area contributed by atoms with E-state index in [9.17, 15) is 9.18 Å². The summed E-state index contributed by atoms with van der Waals surface area (Å²) in [7, 11) is 0. The molecular formula is C13H10FN5OS. The van der Waals surface area contributed by atoms with Crippen molar-refractivity contribution in [3.05, 3.63) is 47.6 Å². The Morgan fingerprint density at radius 1 is 1.33 bits per heavy atom. The molecule has 8 heteroatoms. The van der Waals surface area contributed by atoms with Crippen LogP contribution in [0.15, 0.2) is 41.8 Å². The number of anilines is 1. The highest BCUT2D eigenvalue weighted by Gasteiger charge is 2.10. The van der Waals surface area contributed by atoms with Crippen molar-refractivity contribution >= 4 is 22.9 Å². The van der Waals surface area contributed by atoms with Crippen LogP contribution in [0, 0.1) is 5.82 Å². The van der Waals surface area contributed by atoms with Gasteiger partial charge in [-0.15, -0.1) is 21.5 Å². The van der Waals surface area contributed by atoms with Gasteiger partial charge in [-0.3, -0.25) is 4.79 Å². The minimum atomic E-state index is -0.410. The molecule has 0 bridgehead atoms. The van der Waals surface area contributed by atoms with Crippen LogP contribution in [0.3, 0.4) is 0 Å². The van der Waals surface area contributed by atoms with Crippen molar-refractivity contribution in [2.45, 2.75) is 6.54 Å². The van der Waals surface area contributed by atoms with E-state index in [2.05, 4.69) is 20.7 Å². The van der Waals surface area contributed by atoms with Gasteiger partial charge in [0, 0.05) is 5.69 Å². The van der Waals surface area contributed by atoms with E-state index in [4.69, 9.17) is 0 Å². The molecule has 0 aliphatic carbocycles. The molecule has 0 saturated heterocycles. The molecule has 0 spiro atoms. The van der Waals surface area contributed by atoms with Crippen LogP contribution < -0.4 is 5.32 Å². The fraction of sp³-hybridized carbons (Fsp3) is 0.0769. The van der Waals surface area contributed by atoms with Crippen LogP contribution in [-0.4, -0.2) is 26.1 Å². The Morgan fingerprint density at radius 3 is 3.00 bits per heavy atom. The second-order valence-electron chi connectivity index (χ2n) is 4.18. The van der Waals surface area contributed by atoms with E-state index in [1.807, 2.05) is 17.5 Å². The average molecular weight is 303 g/mol. The second kappa shape index (κ2) is 5.80. The van der Waals surface area contributed by atoms with Crippen molar-refractivity contribution in [2.24, 2.45) is 0 Å². The Morgan fingerprint density at radius 2 is 2.24 bits per heavy atom. The number of nitrogens with zero attached hydrogens (tertiary/aromatic N) is 4. The molecule has 3 rings (SSSR count). The molecule has 2 heterocycles. The number of nitrogens with one attached hydrogen (secondary N) is 1. The summed E-state index contributed by atoms with van der Waals surface area (Å²) in [4.78, 5) is 13.9. The number of amides is 1. The van der Waals surface area contributed by atoms with E-state index in [0.717, 1.165) is 4.88 Å². The fourth-order valence-corrected chi connectivity index (χ4v) is 2.36. The second-order valence-corrected chi connectivity index (χ2v) is 5.13. The molecule has 0 aliphatic rings. The summed E-state index contributed by atoms with van der Waals surface area (Å²) >= 11 is 1.49. The Bertz CT molecular complexity index is 756. The van der Waals surface area contributed by atoms with Crippen LogP contribution >= 0.6 is 11.3 Å². The van der Waals surface area contributed by atoms with Gasteiger partial charge in [-0.25, -0.2) is 4.39 Å². The van der Waals surface area contributed by atoms with Gasteiger partial charge >= 0.3 is 0 Å². The van der Waals surface area contributed by atoms with Gasteiger partial charge in [0.15, 0.2) is 0 Å². The smallest absolute Gasteiger partial charge is 0.248 e. The van der Waals surface area contributed by atoms with Crippen LogP contribution in [0.4, 0.5) is 10.1 Å². The maximum atomic E-state index is 13.0. The van der Waals surface area contributed by atoms with Crippen LogP contribution in [-0.2, 0) is 11.3 Å². The topological polar surface area (TPSA) is 72.7 Å². The van der Waals surface area contributed by atoms with E-state index in [0.29, 0.717) is 11.5 Å². The highest BCUT2D eigenvalue weighted by Crippen LogP contribution is 2.19. The molecule has 0 fully saturated rings. The first-order chi connectivity index (χ1) is 10.2. The van der Waals surface area contributed by atoms with Gasteiger partial charge in [0.05, 0.1) is 4.88 Å². The van der Waals surface area contributed by atoms with E-state index < -0.39 is 5.82 Å². The average Bonchev–Trinajstić information content (AvgIpc) is 3.08. The van der Waals surface area contributed by atoms with Crippen molar-refractivity contribution in [1.82, 2.24) is 20.2 Å². The van der Waals surface area contributed by atoms with Crippen molar-refractivity contribution in [3.63, 3.8) is 0 Å². The van der Waals surface area contributed by atoms with Crippen LogP contribution in [0.1, 0.15) is 0 Å². The number of tetrazole rings is 1. The molecule has 0 aliphatic heterocycles. The molecule has 0 radical (unpaired) electrons. The molecule has 1 aromatic carbocycles. The zero-order valence-corrected chi connectivity index (χ0v) is 11.5. The number of hydrogen-bond donors (Lipinski definition) is 1. The first-order valence-corrected chi connectivity index (χ1v) is 6.96. The lowest BCUT2D eigenvalue weighted by atomic mass is 10.3. The number of carbonyl (C=O) groups is 1. The number of carbonyl (C=O) groups excluding carboxylic acids is 1. The predicted octanol–water partition coefficient (Wildman–Crippen LogP) is 2.18. The van der Waals surface area contributed by atoms with Crippen LogP contribution in [0.2, 0.25) is 0 Å². The number of thiophene rings is 1. The van der Waals surface area contributed by atoms with Gasteiger partial charge in [0.2, 0.25) is 11.7 Å². The summed E-state index contributed by atoms with van der Waals surface area (Å²) in [6.45, 7) is -0.0884. The maximum Gasteiger partial charge on any atom is 0.248 e. The van der Waals surface area contributed by atoms with Crippen LogP contribution in [0.25, 0.3) is 10.7 Å². The van der Waals surface area contributed by atoms with Gasteiger partial charge in [0.25, 0.3) is 0 Å². The Labute approximate surface area is 123 Å². The van der Waals surface area contributed by atoms with Gasteiger partial charge in [-0.1, -0.05) is 12.1 Å². The van der Waals surface area contributed by atoms with Gasteiger partial charge in [0.1, 0.15) is 12.4 Å². The summed E-state index contributed by atoms with van der Waals surface area (Å²) in [6.07, 6.45) is 0. The number of halogens is 1. The monoisotopic (exact) mass is 303 g/mol. The van der Waals surface area contributed by atoms with E-state index >= 15 is 0 Å². The summed E-state index contributed by atoms with van der Waals surface area (Å²) in [5, 5.41) is 16.3. The molecule has 0 unspecified atom stereocenters. The first kappa shape index (κ1) is 13.4. The third-order valence-electron chi connectivity index (χ3n) is 2.59. The van der Waals surface area contributed by atoms with Gasteiger partial charge in [-0.2, -0.15) is 4.80 Å². The highest BCUT2D eigenvalue weighted by molar-refractivity contribution is 7.13. The molecule has 2 aromatic heterocycles. The third-order valence-corrected chi connectivity index (χ3v) is 3.45. The van der Waals surface area contributed by atoms with Crippen molar-refractivity contribution in [1.29, 1.82) is 0 Å². The van der Waals surface area contributed by atoms with Crippen molar-refractivity contribution in [2.75, 3.05) is 5.32 Å². The number of aromatic nitrogens is 4. The standard InChI is InChI=1S/C13H10FN5OS/c14-9-3-1-4-10(7-9)15-12(20)8-19-17-13(16-18-19)11-5-2-6-21-11/h1-7H,8H2,(H,15,20). The third kappa shape index (κ3) is 3.29. The minimum absolute atomic E-state index is 0.0884. The summed E-state index contributed by atoms with van der Waals surface area (Å²) < 4.78 is 13.0. The highest BCUT2D eigenvalue weighted by atomic mass is 32.1. The Hall–Kier alpha value is -2.61. The zero-order chi connectivity index (χ0) is 14.7. The first-order valence-electron chi connectivity index (χ1n) is 6.08. The van der Waals surface area contributed by atoms with Gasteiger partial charge in [-0.05, 0) is 34.9 Å². The summed E-state index contributed by atoms with van der Waals surface area (Å²) in [5.41, 5.74) is 0.388. The summed E-state index contributed by atoms with van der Waals surface area (Å²) in [5.74, 6) is -0.286. The molecule has 1 amide bonds. The maximum absolute atomic E-state index is 13.0. The normalized spacial score (nSPS) is 10.5. The van der Waals surface area contributed by atoms with Crippen molar-refractivity contribution in [3.8, 4) is 10.7 Å². The van der Waals surface area contributed by atoms with Crippen molar-refractivity contribution < 1.29 is 9.18 Å². The SMILES string of the molecule is O=C(Cn1nnc(-c2cccs2)n1)Nc1cccc(F)c1. The Balaban J connectivity index is 1.65. The lowest BCUT2D eigenvalue weighted by Crippen LogP contribution is -2.20. The Kier molecular flexibility index (Phi) is 3.69. The van der Waals surface area contributed by atoms with Gasteiger partial charge < -0.3 is 5.32 Å². The molecule has 6 nitrogen and oxygen atoms in total. The summed E-state index contributed by atoms with van der Waals surface area (Å²) in [6, 6.07) is 9.43. The number of rotatable bonds is 4. The van der Waals surface area contributed by atoms with E-state index in [1.165, 1.54) is 34.3 Å². The number of benzene rings is 1. The molecular weight excluding hydrogens is 293 g/mol.